The van der Waals surface area contributed by atoms with Crippen molar-refractivity contribution >= 4 is 0 Å². The van der Waals surface area contributed by atoms with Gasteiger partial charge in [0, 0.05) is 13.2 Å². The molecular weight excluding hydrogens is 208 g/mol. The van der Waals surface area contributed by atoms with Gasteiger partial charge in [-0.2, -0.15) is 0 Å². The summed E-state index contributed by atoms with van der Waals surface area (Å²) in [7, 11) is 0. The number of unbranched alkanes of at least 4 members (excludes halogenated alkanes) is 1. The molecule has 1 unspecified atom stereocenters. The Labute approximate surface area is 96.9 Å². The molecule has 0 radical (unpaired) electrons. The second kappa shape index (κ2) is 6.55. The van der Waals surface area contributed by atoms with E-state index in [1.165, 1.54) is 12.8 Å². The van der Waals surface area contributed by atoms with Crippen molar-refractivity contribution in [2.75, 3.05) is 19.8 Å². The summed E-state index contributed by atoms with van der Waals surface area (Å²) in [4.78, 5) is 0. The molecule has 0 aromatic rings. The van der Waals surface area contributed by atoms with E-state index >= 15 is 0 Å². The maximum atomic E-state index is 8.78. The zero-order chi connectivity index (χ0) is 11.2. The van der Waals surface area contributed by atoms with Gasteiger partial charge >= 0.3 is 0 Å². The molecule has 16 heavy (non-hydrogen) atoms. The third-order valence-electron chi connectivity index (χ3n) is 3.19. The predicted octanol–water partition coefficient (Wildman–Crippen LogP) is 1.46. The SMILES string of the molecule is OC[C@@H]1O[C@H]1CCCCOC1CCCCO1. The van der Waals surface area contributed by atoms with Gasteiger partial charge in [-0.25, -0.2) is 0 Å². The molecule has 0 bridgehead atoms. The smallest absolute Gasteiger partial charge is 0.157 e. The molecule has 0 aliphatic carbocycles. The van der Waals surface area contributed by atoms with Gasteiger partial charge in [0.2, 0.25) is 0 Å². The van der Waals surface area contributed by atoms with Gasteiger partial charge in [0.1, 0.15) is 6.10 Å². The number of epoxide rings is 1. The van der Waals surface area contributed by atoms with Crippen LogP contribution in [0.2, 0.25) is 0 Å². The highest BCUT2D eigenvalue weighted by molar-refractivity contribution is 4.83. The Kier molecular flexibility index (Phi) is 5.03. The molecule has 94 valence electrons. The zero-order valence-corrected chi connectivity index (χ0v) is 9.77. The average molecular weight is 230 g/mol. The summed E-state index contributed by atoms with van der Waals surface area (Å²) >= 11 is 0. The lowest BCUT2D eigenvalue weighted by molar-refractivity contribution is -0.162. The van der Waals surface area contributed by atoms with Crippen molar-refractivity contribution in [3.05, 3.63) is 0 Å². The monoisotopic (exact) mass is 230 g/mol. The molecule has 2 saturated heterocycles. The van der Waals surface area contributed by atoms with Gasteiger partial charge in [0.05, 0.1) is 12.7 Å². The molecule has 2 aliphatic heterocycles. The molecule has 0 aromatic heterocycles. The number of aliphatic hydroxyl groups excluding tert-OH is 1. The summed E-state index contributed by atoms with van der Waals surface area (Å²) in [6, 6.07) is 0. The van der Waals surface area contributed by atoms with Crippen LogP contribution in [0.25, 0.3) is 0 Å². The molecule has 2 heterocycles. The van der Waals surface area contributed by atoms with Crippen LogP contribution in [0.5, 0.6) is 0 Å². The Balaban J connectivity index is 1.40. The van der Waals surface area contributed by atoms with E-state index in [1.807, 2.05) is 0 Å². The Morgan fingerprint density at radius 3 is 2.81 bits per heavy atom. The summed E-state index contributed by atoms with van der Waals surface area (Å²) in [5.74, 6) is 0. The Morgan fingerprint density at radius 1 is 1.19 bits per heavy atom. The molecular formula is C12H22O4. The summed E-state index contributed by atoms with van der Waals surface area (Å²) in [6.07, 6.45) is 7.08. The van der Waals surface area contributed by atoms with Crippen LogP contribution in [0.1, 0.15) is 38.5 Å². The first kappa shape index (κ1) is 12.3. The van der Waals surface area contributed by atoms with Crippen LogP contribution in [0.4, 0.5) is 0 Å². The fraction of sp³-hybridized carbons (Fsp3) is 1.00. The second-order valence-electron chi connectivity index (χ2n) is 4.56. The van der Waals surface area contributed by atoms with Crippen LogP contribution in [0, 0.1) is 0 Å². The van der Waals surface area contributed by atoms with Gasteiger partial charge in [0.15, 0.2) is 6.29 Å². The van der Waals surface area contributed by atoms with E-state index in [1.54, 1.807) is 0 Å². The normalized spacial score (nSPS) is 33.9. The van der Waals surface area contributed by atoms with E-state index in [4.69, 9.17) is 19.3 Å². The molecule has 2 fully saturated rings. The van der Waals surface area contributed by atoms with Crippen LogP contribution >= 0.6 is 0 Å². The molecule has 4 nitrogen and oxygen atoms in total. The third-order valence-corrected chi connectivity index (χ3v) is 3.19. The van der Waals surface area contributed by atoms with Gasteiger partial charge in [-0.3, -0.25) is 0 Å². The minimum Gasteiger partial charge on any atom is -0.394 e. The fourth-order valence-electron chi connectivity index (χ4n) is 2.10. The zero-order valence-electron chi connectivity index (χ0n) is 9.77. The van der Waals surface area contributed by atoms with Crippen LogP contribution < -0.4 is 0 Å². The maximum Gasteiger partial charge on any atom is 0.157 e. The number of hydrogen-bond donors (Lipinski definition) is 1. The summed E-state index contributed by atoms with van der Waals surface area (Å²) in [6.45, 7) is 1.79. The van der Waals surface area contributed by atoms with Gasteiger partial charge < -0.3 is 19.3 Å². The van der Waals surface area contributed by atoms with Crippen molar-refractivity contribution in [2.24, 2.45) is 0 Å². The lowest BCUT2D eigenvalue weighted by Gasteiger charge is -2.22. The standard InChI is InChI=1S/C12H22O4/c13-9-11-10(16-11)5-1-3-7-14-12-6-2-4-8-15-12/h10-13H,1-9H2/t10-,11-,12?/m0/s1. The first-order chi connectivity index (χ1) is 7.90. The summed E-state index contributed by atoms with van der Waals surface area (Å²) in [5, 5.41) is 8.78. The largest absolute Gasteiger partial charge is 0.394 e. The van der Waals surface area contributed by atoms with E-state index in [0.29, 0.717) is 6.10 Å². The summed E-state index contributed by atoms with van der Waals surface area (Å²) in [5.41, 5.74) is 0. The minimum absolute atomic E-state index is 0.0381. The van der Waals surface area contributed by atoms with E-state index in [0.717, 1.165) is 38.9 Å². The number of ether oxygens (including phenoxy) is 3. The Bertz CT molecular complexity index is 191. The molecule has 0 amide bonds. The molecule has 4 heteroatoms. The van der Waals surface area contributed by atoms with E-state index in [9.17, 15) is 0 Å². The van der Waals surface area contributed by atoms with Crippen molar-refractivity contribution < 1.29 is 19.3 Å². The highest BCUT2D eigenvalue weighted by Crippen LogP contribution is 2.26. The fourth-order valence-corrected chi connectivity index (χ4v) is 2.10. The Hall–Kier alpha value is -0.160. The van der Waals surface area contributed by atoms with Gasteiger partial charge in [-0.1, -0.05) is 0 Å². The van der Waals surface area contributed by atoms with Crippen LogP contribution in [-0.4, -0.2) is 43.4 Å². The molecule has 2 aliphatic rings. The quantitative estimate of drug-likeness (QED) is 0.531. The van der Waals surface area contributed by atoms with Gasteiger partial charge in [0.25, 0.3) is 0 Å². The highest BCUT2D eigenvalue weighted by Gasteiger charge is 2.36. The molecule has 1 N–H and O–H groups in total. The van der Waals surface area contributed by atoms with Crippen molar-refractivity contribution in [1.82, 2.24) is 0 Å². The molecule has 0 saturated carbocycles. The topological polar surface area (TPSA) is 51.2 Å². The highest BCUT2D eigenvalue weighted by atomic mass is 16.7. The van der Waals surface area contributed by atoms with Crippen LogP contribution in [0.3, 0.4) is 0 Å². The van der Waals surface area contributed by atoms with E-state index in [-0.39, 0.29) is 19.0 Å². The molecule has 0 aromatic carbocycles. The van der Waals surface area contributed by atoms with Crippen molar-refractivity contribution in [2.45, 2.75) is 57.0 Å². The Morgan fingerprint density at radius 2 is 2.12 bits per heavy atom. The van der Waals surface area contributed by atoms with Gasteiger partial charge in [-0.05, 0) is 38.5 Å². The van der Waals surface area contributed by atoms with Crippen molar-refractivity contribution in [3.63, 3.8) is 0 Å². The van der Waals surface area contributed by atoms with E-state index in [2.05, 4.69) is 0 Å². The number of aliphatic hydroxyl groups is 1. The first-order valence-corrected chi connectivity index (χ1v) is 6.39. The lowest BCUT2D eigenvalue weighted by Crippen LogP contribution is -2.22. The maximum absolute atomic E-state index is 8.78. The predicted molar refractivity (Wildman–Crippen MR) is 59.1 cm³/mol. The average Bonchev–Trinajstić information content (AvgIpc) is 3.09. The van der Waals surface area contributed by atoms with Crippen LogP contribution in [-0.2, 0) is 14.2 Å². The number of rotatable bonds is 7. The first-order valence-electron chi connectivity index (χ1n) is 6.39. The molecule has 0 spiro atoms. The third kappa shape index (κ3) is 4.01. The van der Waals surface area contributed by atoms with E-state index < -0.39 is 0 Å². The van der Waals surface area contributed by atoms with Gasteiger partial charge in [-0.15, -0.1) is 0 Å². The second-order valence-corrected chi connectivity index (χ2v) is 4.56. The minimum atomic E-state index is 0.0381. The summed E-state index contributed by atoms with van der Waals surface area (Å²) < 4.78 is 16.3. The number of hydrogen-bond acceptors (Lipinski definition) is 4. The van der Waals surface area contributed by atoms with Crippen molar-refractivity contribution in [3.8, 4) is 0 Å². The lowest BCUT2D eigenvalue weighted by atomic mass is 10.1. The van der Waals surface area contributed by atoms with Crippen LogP contribution in [0.15, 0.2) is 0 Å². The van der Waals surface area contributed by atoms with Crippen molar-refractivity contribution in [1.29, 1.82) is 0 Å². The molecule has 2 rings (SSSR count). The molecule has 3 atom stereocenters.